The highest BCUT2D eigenvalue weighted by Gasteiger charge is 2.48. The van der Waals surface area contributed by atoms with Gasteiger partial charge in [-0.05, 0) is 26.3 Å². The number of amides is 1. The molecular weight excluding hydrogens is 430 g/mol. The molecule has 1 atom stereocenters. The molecular formula is C23H19N3O5S. The van der Waals surface area contributed by atoms with E-state index in [1.165, 1.54) is 34.4 Å². The lowest BCUT2D eigenvalue weighted by Gasteiger charge is -2.22. The number of nitro benzene ring substituents is 1. The van der Waals surface area contributed by atoms with Crippen molar-refractivity contribution in [3.63, 3.8) is 0 Å². The van der Waals surface area contributed by atoms with Gasteiger partial charge in [0.2, 0.25) is 0 Å². The van der Waals surface area contributed by atoms with Gasteiger partial charge in [0, 0.05) is 22.6 Å². The number of hydrogen-bond acceptors (Lipinski definition) is 7. The monoisotopic (exact) mass is 449 g/mol. The molecule has 0 radical (unpaired) electrons. The van der Waals surface area contributed by atoms with Crippen LogP contribution in [0.2, 0.25) is 0 Å². The Kier molecular flexibility index (Phi) is 5.35. The predicted octanol–water partition coefficient (Wildman–Crippen LogP) is 4.60. The van der Waals surface area contributed by atoms with Gasteiger partial charge in [-0.3, -0.25) is 24.6 Å². The highest BCUT2D eigenvalue weighted by Crippen LogP contribution is 2.44. The molecule has 1 saturated heterocycles. The molecule has 1 aliphatic rings. The van der Waals surface area contributed by atoms with Crippen molar-refractivity contribution in [2.75, 3.05) is 4.90 Å². The van der Waals surface area contributed by atoms with E-state index in [1.54, 1.807) is 37.3 Å². The molecule has 8 nitrogen and oxygen atoms in total. The number of hydrogen-bond donors (Lipinski definition) is 1. The first-order valence-electron chi connectivity index (χ1n) is 9.75. The topological polar surface area (TPSA) is 114 Å². The lowest BCUT2D eigenvalue weighted by Crippen LogP contribution is -2.29. The molecule has 0 unspecified atom stereocenters. The number of rotatable bonds is 4. The third kappa shape index (κ3) is 3.56. The Bertz CT molecular complexity index is 1270. The van der Waals surface area contributed by atoms with Crippen molar-refractivity contribution in [2.24, 2.45) is 0 Å². The molecule has 0 aliphatic carbocycles. The van der Waals surface area contributed by atoms with Gasteiger partial charge in [-0.2, -0.15) is 0 Å². The highest BCUT2D eigenvalue weighted by atomic mass is 32.1. The van der Waals surface area contributed by atoms with E-state index in [9.17, 15) is 24.8 Å². The van der Waals surface area contributed by atoms with Crippen LogP contribution in [0.4, 0.5) is 10.8 Å². The number of ketones is 1. The average Bonchev–Trinajstić information content (AvgIpc) is 3.23. The molecule has 0 saturated carbocycles. The van der Waals surface area contributed by atoms with E-state index < -0.39 is 22.7 Å². The number of aliphatic hydroxyl groups excluding tert-OH is 1. The summed E-state index contributed by atoms with van der Waals surface area (Å²) in [6, 6.07) is 11.5. The molecule has 9 heteroatoms. The van der Waals surface area contributed by atoms with Gasteiger partial charge in [0.1, 0.15) is 5.76 Å². The SMILES string of the molecule is Cc1ccc(/C(O)=C2\C(=O)C(=O)N(c3nc(C)c(C)s3)[C@@H]2c2cccc([N+](=O)[O-])c2)cc1. The van der Waals surface area contributed by atoms with Gasteiger partial charge in [-0.25, -0.2) is 4.98 Å². The third-order valence-corrected chi connectivity index (χ3v) is 6.46. The zero-order valence-corrected chi connectivity index (χ0v) is 18.3. The van der Waals surface area contributed by atoms with Crippen LogP contribution in [0.25, 0.3) is 5.76 Å². The van der Waals surface area contributed by atoms with Crippen LogP contribution in [0.3, 0.4) is 0 Å². The number of nitrogens with zero attached hydrogens (tertiary/aromatic N) is 3. The maximum atomic E-state index is 13.1. The summed E-state index contributed by atoms with van der Waals surface area (Å²) in [5.74, 6) is -2.05. The molecule has 1 aromatic heterocycles. The number of carbonyl (C=O) groups excluding carboxylic acids is 2. The van der Waals surface area contributed by atoms with Crippen molar-refractivity contribution >= 4 is 39.6 Å². The van der Waals surface area contributed by atoms with E-state index in [-0.39, 0.29) is 17.0 Å². The van der Waals surface area contributed by atoms with E-state index in [0.29, 0.717) is 22.0 Å². The van der Waals surface area contributed by atoms with Gasteiger partial charge in [-0.15, -0.1) is 11.3 Å². The second-order valence-electron chi connectivity index (χ2n) is 7.53. The van der Waals surface area contributed by atoms with Crippen LogP contribution >= 0.6 is 11.3 Å². The number of aliphatic hydroxyl groups is 1. The number of aryl methyl sites for hydroxylation is 3. The fraction of sp³-hybridized carbons (Fsp3) is 0.174. The van der Waals surface area contributed by atoms with Crippen molar-refractivity contribution in [1.82, 2.24) is 4.98 Å². The van der Waals surface area contributed by atoms with Crippen LogP contribution < -0.4 is 4.90 Å². The largest absolute Gasteiger partial charge is 0.507 e. The third-order valence-electron chi connectivity index (χ3n) is 5.39. The Morgan fingerprint density at radius 2 is 1.81 bits per heavy atom. The van der Waals surface area contributed by atoms with Gasteiger partial charge in [-0.1, -0.05) is 42.0 Å². The van der Waals surface area contributed by atoms with Gasteiger partial charge in [0.15, 0.2) is 5.13 Å². The molecule has 4 rings (SSSR count). The number of nitro groups is 1. The van der Waals surface area contributed by atoms with Crippen molar-refractivity contribution in [3.8, 4) is 0 Å². The van der Waals surface area contributed by atoms with E-state index in [2.05, 4.69) is 4.98 Å². The molecule has 1 fully saturated rings. The lowest BCUT2D eigenvalue weighted by atomic mass is 9.95. The van der Waals surface area contributed by atoms with E-state index in [4.69, 9.17) is 0 Å². The number of benzene rings is 2. The van der Waals surface area contributed by atoms with Gasteiger partial charge < -0.3 is 5.11 Å². The zero-order chi connectivity index (χ0) is 23.2. The minimum absolute atomic E-state index is 0.134. The van der Waals surface area contributed by atoms with E-state index in [0.717, 1.165) is 10.4 Å². The first kappa shape index (κ1) is 21.4. The number of Topliss-reactive ketones (excluding diaryl/α,β-unsaturated/α-hetero) is 1. The minimum atomic E-state index is -1.05. The summed E-state index contributed by atoms with van der Waals surface area (Å²) < 4.78 is 0. The summed E-state index contributed by atoms with van der Waals surface area (Å²) in [7, 11) is 0. The van der Waals surface area contributed by atoms with Crippen LogP contribution in [0, 0.1) is 30.9 Å². The Labute approximate surface area is 187 Å². The van der Waals surface area contributed by atoms with Gasteiger partial charge in [0.05, 0.1) is 22.2 Å². The Hall–Kier alpha value is -3.85. The summed E-state index contributed by atoms with van der Waals surface area (Å²) in [6.45, 7) is 5.53. The fourth-order valence-corrected chi connectivity index (χ4v) is 4.52. The Morgan fingerprint density at radius 3 is 2.41 bits per heavy atom. The standard InChI is InChI=1S/C23H19N3O5S/c1-12-7-9-15(10-8-12)20(27)18-19(16-5-4-6-17(11-16)26(30)31)25(22(29)21(18)28)23-24-13(2)14(3)32-23/h4-11,19,27H,1-3H3/b20-18+/t19-/m1/s1. The van der Waals surface area contributed by atoms with Crippen molar-refractivity contribution in [2.45, 2.75) is 26.8 Å². The molecule has 1 amide bonds. The molecule has 162 valence electrons. The van der Waals surface area contributed by atoms with E-state index >= 15 is 0 Å². The number of carbonyl (C=O) groups is 2. The van der Waals surface area contributed by atoms with Crippen molar-refractivity contribution < 1.29 is 19.6 Å². The maximum absolute atomic E-state index is 13.1. The fourth-order valence-electron chi connectivity index (χ4n) is 3.58. The molecule has 0 bridgehead atoms. The number of aromatic nitrogens is 1. The van der Waals surface area contributed by atoms with Crippen LogP contribution in [-0.4, -0.2) is 26.7 Å². The van der Waals surface area contributed by atoms with Crippen LogP contribution in [0.15, 0.2) is 54.1 Å². The summed E-state index contributed by atoms with van der Waals surface area (Å²) in [4.78, 5) is 43.5. The molecule has 32 heavy (non-hydrogen) atoms. The normalized spacial score (nSPS) is 17.7. The Balaban J connectivity index is 1.97. The van der Waals surface area contributed by atoms with Gasteiger partial charge in [0.25, 0.3) is 11.5 Å². The zero-order valence-electron chi connectivity index (χ0n) is 17.5. The molecule has 1 N–H and O–H groups in total. The smallest absolute Gasteiger partial charge is 0.301 e. The quantitative estimate of drug-likeness (QED) is 0.205. The molecule has 2 heterocycles. The first-order valence-corrected chi connectivity index (χ1v) is 10.6. The van der Waals surface area contributed by atoms with Crippen LogP contribution in [0.1, 0.15) is 33.3 Å². The summed E-state index contributed by atoms with van der Waals surface area (Å²) in [6.07, 6.45) is 0. The van der Waals surface area contributed by atoms with E-state index in [1.807, 2.05) is 13.8 Å². The van der Waals surface area contributed by atoms with Gasteiger partial charge >= 0.3 is 5.91 Å². The highest BCUT2D eigenvalue weighted by molar-refractivity contribution is 7.16. The second kappa shape index (κ2) is 8.01. The summed E-state index contributed by atoms with van der Waals surface area (Å²) >= 11 is 1.24. The second-order valence-corrected chi connectivity index (χ2v) is 8.71. The Morgan fingerprint density at radius 1 is 1.12 bits per heavy atom. The molecule has 3 aromatic rings. The molecule has 1 aliphatic heterocycles. The van der Waals surface area contributed by atoms with Crippen molar-refractivity contribution in [1.29, 1.82) is 0 Å². The molecule has 2 aromatic carbocycles. The maximum Gasteiger partial charge on any atom is 0.301 e. The first-order chi connectivity index (χ1) is 15.2. The predicted molar refractivity (Wildman–Crippen MR) is 121 cm³/mol. The number of non-ortho nitro benzene ring substituents is 1. The summed E-state index contributed by atoms with van der Waals surface area (Å²) in [5.41, 5.74) is 2.06. The van der Waals surface area contributed by atoms with Crippen LogP contribution in [-0.2, 0) is 9.59 Å². The number of anilines is 1. The van der Waals surface area contributed by atoms with Crippen molar-refractivity contribution in [3.05, 3.63) is 91.5 Å². The number of thiazole rings is 1. The average molecular weight is 449 g/mol. The molecule has 0 spiro atoms. The summed E-state index contributed by atoms with van der Waals surface area (Å²) in [5, 5.41) is 22.7. The lowest BCUT2D eigenvalue weighted by molar-refractivity contribution is -0.384. The van der Waals surface area contributed by atoms with Crippen LogP contribution in [0.5, 0.6) is 0 Å². The minimum Gasteiger partial charge on any atom is -0.507 e.